The SMILES string of the molecule is C=C/C=C(\C)OC.COC1=CC(=O)C=C(C)C1C(=O)Oc1c(C)c(C)c(C(=O)Oc2c(C)c(O)c(C(=O)Oc3c(C)c(C)c(C(=O)O)c(C)c3C)c(C)c2F)c(C)c1Cl. The van der Waals surface area contributed by atoms with E-state index in [4.69, 9.17) is 35.3 Å². The number of allylic oxidation sites excluding steroid dienone is 5. The minimum atomic E-state index is -1.14. The van der Waals surface area contributed by atoms with E-state index >= 15 is 4.39 Å². The fourth-order valence-corrected chi connectivity index (χ4v) is 6.78. The minimum Gasteiger partial charge on any atom is -0.507 e. The molecular weight excluding hydrogens is 787 g/mol. The number of aromatic hydroxyl groups is 1. The van der Waals surface area contributed by atoms with E-state index in [1.54, 1.807) is 67.7 Å². The lowest BCUT2D eigenvalue weighted by atomic mass is 9.92. The van der Waals surface area contributed by atoms with Crippen LogP contribution in [0.5, 0.6) is 23.0 Å². The fourth-order valence-electron chi connectivity index (χ4n) is 6.51. The van der Waals surface area contributed by atoms with Gasteiger partial charge in [0.2, 0.25) is 0 Å². The van der Waals surface area contributed by atoms with E-state index < -0.39 is 52.7 Å². The summed E-state index contributed by atoms with van der Waals surface area (Å²) in [5, 5.41) is 20.7. The third-order valence-corrected chi connectivity index (χ3v) is 10.8. The Kier molecular flexibility index (Phi) is 15.2. The number of esters is 3. The molecule has 0 heterocycles. The van der Waals surface area contributed by atoms with Crippen molar-refractivity contribution in [3.8, 4) is 23.0 Å². The van der Waals surface area contributed by atoms with E-state index in [2.05, 4.69) is 6.58 Å². The lowest BCUT2D eigenvalue weighted by molar-refractivity contribution is -0.137. The number of phenolic OH excluding ortho intramolecular Hbond substituents is 1. The largest absolute Gasteiger partial charge is 0.507 e. The number of hydrogen-bond acceptors (Lipinski definition) is 11. The van der Waals surface area contributed by atoms with Crippen molar-refractivity contribution >= 4 is 41.3 Å². The second kappa shape index (κ2) is 19.0. The molecule has 314 valence electrons. The van der Waals surface area contributed by atoms with Crippen molar-refractivity contribution < 1.29 is 62.3 Å². The van der Waals surface area contributed by atoms with Gasteiger partial charge in [0.05, 0.1) is 36.1 Å². The summed E-state index contributed by atoms with van der Waals surface area (Å²) in [6.45, 7) is 20.3. The van der Waals surface area contributed by atoms with Gasteiger partial charge in [0.25, 0.3) is 0 Å². The zero-order chi connectivity index (χ0) is 45.0. The maximum atomic E-state index is 16.0. The van der Waals surface area contributed by atoms with Gasteiger partial charge in [0.15, 0.2) is 23.1 Å². The molecule has 14 heteroatoms. The van der Waals surface area contributed by atoms with Gasteiger partial charge in [0, 0.05) is 17.2 Å². The molecule has 3 aromatic rings. The molecule has 1 atom stereocenters. The zero-order valence-electron chi connectivity index (χ0n) is 35.3. The highest BCUT2D eigenvalue weighted by atomic mass is 35.5. The molecule has 0 spiro atoms. The van der Waals surface area contributed by atoms with Gasteiger partial charge in [-0.05, 0) is 133 Å². The van der Waals surface area contributed by atoms with Gasteiger partial charge in [-0.2, -0.15) is 0 Å². The van der Waals surface area contributed by atoms with Crippen molar-refractivity contribution in [3.63, 3.8) is 0 Å². The molecule has 1 unspecified atom stereocenters. The van der Waals surface area contributed by atoms with Crippen molar-refractivity contribution in [2.24, 2.45) is 5.92 Å². The molecule has 0 amide bonds. The molecule has 12 nitrogen and oxygen atoms in total. The second-order valence-corrected chi connectivity index (χ2v) is 14.3. The molecule has 0 fully saturated rings. The summed E-state index contributed by atoms with van der Waals surface area (Å²) in [4.78, 5) is 64.2. The van der Waals surface area contributed by atoms with Crippen LogP contribution in [0.15, 0.2) is 48.0 Å². The quantitative estimate of drug-likeness (QED) is 0.0859. The Hall–Kier alpha value is -6.21. The topological polar surface area (TPSA) is 172 Å². The monoisotopic (exact) mass is 834 g/mol. The van der Waals surface area contributed by atoms with Gasteiger partial charge in [-0.15, -0.1) is 0 Å². The van der Waals surface area contributed by atoms with Crippen molar-refractivity contribution in [1.29, 1.82) is 0 Å². The van der Waals surface area contributed by atoms with Gasteiger partial charge in [-0.25, -0.2) is 18.8 Å². The molecule has 0 saturated carbocycles. The Labute approximate surface area is 347 Å². The number of carboxylic acids is 1. The summed E-state index contributed by atoms with van der Waals surface area (Å²) in [5.74, 6) is -6.85. The summed E-state index contributed by atoms with van der Waals surface area (Å²) < 4.78 is 42.9. The Bertz CT molecular complexity index is 2310. The number of ketones is 1. The average molecular weight is 835 g/mol. The summed E-state index contributed by atoms with van der Waals surface area (Å²) in [7, 11) is 2.96. The van der Waals surface area contributed by atoms with Crippen LogP contribution in [-0.2, 0) is 19.1 Å². The summed E-state index contributed by atoms with van der Waals surface area (Å²) in [5.41, 5.74) is 1.52. The van der Waals surface area contributed by atoms with Crippen LogP contribution < -0.4 is 14.2 Å². The fraction of sp³-hybridized carbons (Fsp3) is 0.311. The number of carbonyl (C=O) groups excluding carboxylic acids is 4. The standard InChI is InChI=1S/C39H38ClFO11.C6H10O/c1-14-12-24(42)13-25(49-11)26(14)37(46)51-34-20(7)17(4)28(21(8)30(34)40)38(47)52-35-23(10)32(43)29(22(9)31(35)41)39(48)50-33-18(5)15(2)27(36(44)45)16(3)19(33)6;1-4-5-6(2)7-3/h12-13,26,43H,1-11H3,(H,44,45);4-5H,1H2,2-3H3/b;6-5+. The Morgan fingerprint density at radius 1 is 0.712 bits per heavy atom. The van der Waals surface area contributed by atoms with Crippen LogP contribution >= 0.6 is 11.6 Å². The molecule has 3 aromatic carbocycles. The van der Waals surface area contributed by atoms with Gasteiger partial charge in [0.1, 0.15) is 28.7 Å². The molecule has 2 N–H and O–H groups in total. The number of phenols is 1. The smallest absolute Gasteiger partial charge is 0.347 e. The number of benzene rings is 3. The van der Waals surface area contributed by atoms with Crippen molar-refractivity contribution in [2.45, 2.75) is 76.2 Å². The predicted molar refractivity (Wildman–Crippen MR) is 219 cm³/mol. The van der Waals surface area contributed by atoms with Crippen LogP contribution in [0.25, 0.3) is 0 Å². The molecule has 0 radical (unpaired) electrons. The highest BCUT2D eigenvalue weighted by Gasteiger charge is 2.35. The highest BCUT2D eigenvalue weighted by molar-refractivity contribution is 6.33. The molecule has 0 bridgehead atoms. The molecular formula is C45H48ClFO12. The molecule has 1 aliphatic carbocycles. The van der Waals surface area contributed by atoms with Gasteiger partial charge in [-0.3, -0.25) is 9.59 Å². The molecule has 1 aliphatic rings. The molecule has 0 aromatic heterocycles. The first-order chi connectivity index (χ1) is 27.5. The number of aromatic carboxylic acids is 1. The first kappa shape index (κ1) is 47.2. The first-order valence-corrected chi connectivity index (χ1v) is 18.5. The Morgan fingerprint density at radius 2 is 1.22 bits per heavy atom. The number of carbonyl (C=O) groups is 5. The van der Waals surface area contributed by atoms with E-state index in [-0.39, 0.29) is 55.9 Å². The zero-order valence-corrected chi connectivity index (χ0v) is 36.1. The van der Waals surface area contributed by atoms with Gasteiger partial charge in [-0.1, -0.05) is 24.3 Å². The normalized spacial score (nSPS) is 13.6. The first-order valence-electron chi connectivity index (χ1n) is 18.1. The number of ether oxygens (including phenoxy) is 5. The Morgan fingerprint density at radius 3 is 1.71 bits per heavy atom. The number of rotatable bonds is 10. The van der Waals surface area contributed by atoms with Crippen LogP contribution in [0.3, 0.4) is 0 Å². The third kappa shape index (κ3) is 9.41. The van der Waals surface area contributed by atoms with Gasteiger partial charge >= 0.3 is 23.9 Å². The van der Waals surface area contributed by atoms with Crippen molar-refractivity contribution in [3.05, 3.63) is 126 Å². The second-order valence-electron chi connectivity index (χ2n) is 13.9. The van der Waals surface area contributed by atoms with Gasteiger partial charge < -0.3 is 33.9 Å². The van der Waals surface area contributed by atoms with E-state index in [0.717, 1.165) is 5.76 Å². The van der Waals surface area contributed by atoms with Crippen LogP contribution in [0.4, 0.5) is 4.39 Å². The van der Waals surface area contributed by atoms with Crippen LogP contribution in [0.1, 0.15) is 95.0 Å². The molecule has 4 rings (SSSR count). The summed E-state index contributed by atoms with van der Waals surface area (Å²) in [6.07, 6.45) is 5.98. The van der Waals surface area contributed by atoms with Crippen LogP contribution in [-0.4, -0.2) is 54.1 Å². The van der Waals surface area contributed by atoms with Crippen LogP contribution in [0, 0.1) is 74.0 Å². The van der Waals surface area contributed by atoms with Crippen molar-refractivity contribution in [2.75, 3.05) is 14.2 Å². The maximum Gasteiger partial charge on any atom is 0.347 e. The third-order valence-electron chi connectivity index (χ3n) is 10.3. The lowest BCUT2D eigenvalue weighted by Crippen LogP contribution is -2.28. The number of carboxylic acid groups (broad SMARTS) is 1. The highest BCUT2D eigenvalue weighted by Crippen LogP contribution is 2.42. The van der Waals surface area contributed by atoms with E-state index in [1.165, 1.54) is 40.0 Å². The number of halogens is 2. The number of hydrogen-bond donors (Lipinski definition) is 2. The van der Waals surface area contributed by atoms with Crippen molar-refractivity contribution in [1.82, 2.24) is 0 Å². The summed E-state index contributed by atoms with van der Waals surface area (Å²) >= 11 is 6.64. The molecule has 59 heavy (non-hydrogen) atoms. The van der Waals surface area contributed by atoms with Crippen LogP contribution in [0.2, 0.25) is 5.02 Å². The van der Waals surface area contributed by atoms with E-state index in [1.807, 2.05) is 6.92 Å². The Balaban J connectivity index is 0.00000122. The lowest BCUT2D eigenvalue weighted by Gasteiger charge is -2.23. The molecule has 0 aliphatic heterocycles. The molecule has 0 saturated heterocycles. The van der Waals surface area contributed by atoms with E-state index in [0.29, 0.717) is 39.0 Å². The number of methoxy groups -OCH3 is 2. The average Bonchev–Trinajstić information content (AvgIpc) is 3.17. The van der Waals surface area contributed by atoms with E-state index in [9.17, 15) is 34.2 Å². The minimum absolute atomic E-state index is 0.0365. The maximum absolute atomic E-state index is 16.0. The predicted octanol–water partition coefficient (Wildman–Crippen LogP) is 9.40. The summed E-state index contributed by atoms with van der Waals surface area (Å²) in [6, 6.07) is 0.